The number of nitrogens with one attached hydrogen (secondary N) is 2. The Kier molecular flexibility index (Phi) is 7.06. The molecule has 4 heteroatoms. The van der Waals surface area contributed by atoms with Crippen molar-refractivity contribution in [3.63, 3.8) is 0 Å². The highest BCUT2D eigenvalue weighted by Gasteiger charge is 2.02. The maximum absolute atomic E-state index is 11.6. The van der Waals surface area contributed by atoms with Crippen molar-refractivity contribution in [3.05, 3.63) is 29.8 Å². The smallest absolute Gasteiger partial charge is 0.224 e. The molecule has 0 bridgehead atoms. The summed E-state index contributed by atoms with van der Waals surface area (Å²) in [5.74, 6) is 0.0545. The van der Waals surface area contributed by atoms with Crippen molar-refractivity contribution in [3.8, 4) is 0 Å². The van der Waals surface area contributed by atoms with Gasteiger partial charge in [-0.1, -0.05) is 12.1 Å². The van der Waals surface area contributed by atoms with E-state index < -0.39 is 0 Å². The van der Waals surface area contributed by atoms with Crippen molar-refractivity contribution in [1.82, 2.24) is 5.32 Å². The molecule has 0 radical (unpaired) electrons. The van der Waals surface area contributed by atoms with Crippen molar-refractivity contribution < 1.29 is 9.53 Å². The molecule has 4 nitrogen and oxygen atoms in total. The van der Waals surface area contributed by atoms with Crippen LogP contribution in [0.5, 0.6) is 0 Å². The second-order valence-electron chi connectivity index (χ2n) is 4.09. The lowest BCUT2D eigenvalue weighted by molar-refractivity contribution is -0.116. The monoisotopic (exact) mass is 250 g/mol. The van der Waals surface area contributed by atoms with Gasteiger partial charge in [0.1, 0.15) is 0 Å². The first-order valence-corrected chi connectivity index (χ1v) is 6.37. The van der Waals surface area contributed by atoms with E-state index in [2.05, 4.69) is 10.6 Å². The van der Waals surface area contributed by atoms with Gasteiger partial charge in [-0.15, -0.1) is 0 Å². The third kappa shape index (κ3) is 5.80. The van der Waals surface area contributed by atoms with Gasteiger partial charge in [0.25, 0.3) is 0 Å². The minimum absolute atomic E-state index is 0.0545. The minimum atomic E-state index is 0.0545. The maximum Gasteiger partial charge on any atom is 0.224 e. The average Bonchev–Trinajstić information content (AvgIpc) is 2.37. The Morgan fingerprint density at radius 3 is 2.94 bits per heavy atom. The fourth-order valence-electron chi connectivity index (χ4n) is 1.61. The summed E-state index contributed by atoms with van der Waals surface area (Å²) >= 11 is 0. The molecule has 0 aliphatic rings. The molecule has 0 aliphatic carbocycles. The van der Waals surface area contributed by atoms with Crippen molar-refractivity contribution >= 4 is 11.6 Å². The summed E-state index contributed by atoms with van der Waals surface area (Å²) in [5.41, 5.74) is 1.91. The second-order valence-corrected chi connectivity index (χ2v) is 4.09. The number of rotatable bonds is 8. The first kappa shape index (κ1) is 14.7. The summed E-state index contributed by atoms with van der Waals surface area (Å²) in [6.07, 6.45) is 1.39. The number of benzene rings is 1. The fourth-order valence-corrected chi connectivity index (χ4v) is 1.61. The lowest BCUT2D eigenvalue weighted by Gasteiger charge is -2.07. The molecule has 1 amide bonds. The topological polar surface area (TPSA) is 50.4 Å². The van der Waals surface area contributed by atoms with Gasteiger partial charge in [0, 0.05) is 18.7 Å². The van der Waals surface area contributed by atoms with Crippen LogP contribution >= 0.6 is 0 Å². The molecule has 1 aromatic rings. The standard InChI is InChI=1S/C14H22N2O2/c1-3-18-11-12-6-4-7-13(10-12)16-14(17)8-5-9-15-2/h4,6-7,10,15H,3,5,8-9,11H2,1-2H3,(H,16,17). The zero-order valence-electron chi connectivity index (χ0n) is 11.2. The van der Waals surface area contributed by atoms with Gasteiger partial charge in [0.2, 0.25) is 5.91 Å². The second kappa shape index (κ2) is 8.66. The highest BCUT2D eigenvalue weighted by atomic mass is 16.5. The molecule has 0 fully saturated rings. The molecular formula is C14H22N2O2. The molecule has 1 rings (SSSR count). The zero-order chi connectivity index (χ0) is 13.2. The number of hydrogen-bond donors (Lipinski definition) is 2. The molecule has 2 N–H and O–H groups in total. The molecule has 0 saturated carbocycles. The number of carbonyl (C=O) groups excluding carboxylic acids is 1. The van der Waals surface area contributed by atoms with Crippen LogP contribution in [0.1, 0.15) is 25.3 Å². The van der Waals surface area contributed by atoms with Gasteiger partial charge >= 0.3 is 0 Å². The van der Waals surface area contributed by atoms with Crippen LogP contribution < -0.4 is 10.6 Å². The molecule has 18 heavy (non-hydrogen) atoms. The highest BCUT2D eigenvalue weighted by Crippen LogP contribution is 2.12. The van der Waals surface area contributed by atoms with E-state index in [9.17, 15) is 4.79 Å². The van der Waals surface area contributed by atoms with Crippen LogP contribution in [0.3, 0.4) is 0 Å². The van der Waals surface area contributed by atoms with Gasteiger partial charge in [0.05, 0.1) is 6.61 Å². The van der Waals surface area contributed by atoms with E-state index in [0.29, 0.717) is 19.6 Å². The Morgan fingerprint density at radius 1 is 1.39 bits per heavy atom. The van der Waals surface area contributed by atoms with Crippen molar-refractivity contribution in [1.29, 1.82) is 0 Å². The average molecular weight is 250 g/mol. The molecule has 1 aromatic carbocycles. The largest absolute Gasteiger partial charge is 0.377 e. The first-order chi connectivity index (χ1) is 8.76. The minimum Gasteiger partial charge on any atom is -0.377 e. The van der Waals surface area contributed by atoms with Crippen LogP contribution in [0.25, 0.3) is 0 Å². The molecule has 0 spiro atoms. The molecular weight excluding hydrogens is 228 g/mol. The Bertz CT molecular complexity index is 367. The Hall–Kier alpha value is -1.39. The SMILES string of the molecule is CCOCc1cccc(NC(=O)CCCNC)c1. The van der Waals surface area contributed by atoms with E-state index >= 15 is 0 Å². The third-order valence-electron chi connectivity index (χ3n) is 2.51. The van der Waals surface area contributed by atoms with E-state index in [1.54, 1.807) is 0 Å². The summed E-state index contributed by atoms with van der Waals surface area (Å²) in [7, 11) is 1.88. The Balaban J connectivity index is 2.43. The molecule has 0 unspecified atom stereocenters. The number of amides is 1. The van der Waals surface area contributed by atoms with E-state index in [1.807, 2.05) is 38.2 Å². The summed E-state index contributed by atoms with van der Waals surface area (Å²) in [5, 5.41) is 5.92. The van der Waals surface area contributed by atoms with Crippen molar-refractivity contribution in [2.75, 3.05) is 25.5 Å². The Labute approximate surface area is 109 Å². The van der Waals surface area contributed by atoms with E-state index in [-0.39, 0.29) is 5.91 Å². The van der Waals surface area contributed by atoms with Crippen LogP contribution in [0.15, 0.2) is 24.3 Å². The number of hydrogen-bond acceptors (Lipinski definition) is 3. The number of anilines is 1. The van der Waals surface area contributed by atoms with Crippen LogP contribution in [-0.4, -0.2) is 26.1 Å². The molecule has 0 saturated heterocycles. The first-order valence-electron chi connectivity index (χ1n) is 6.37. The van der Waals surface area contributed by atoms with Crippen molar-refractivity contribution in [2.24, 2.45) is 0 Å². The molecule has 0 heterocycles. The van der Waals surface area contributed by atoms with Crippen LogP contribution in [-0.2, 0) is 16.1 Å². The molecule has 0 aliphatic heterocycles. The molecule has 0 aromatic heterocycles. The summed E-state index contributed by atoms with van der Waals surface area (Å²) in [4.78, 5) is 11.6. The molecule has 100 valence electrons. The lowest BCUT2D eigenvalue weighted by Crippen LogP contribution is -2.15. The zero-order valence-corrected chi connectivity index (χ0v) is 11.2. The van der Waals surface area contributed by atoms with Crippen LogP contribution in [0.2, 0.25) is 0 Å². The van der Waals surface area contributed by atoms with Gasteiger partial charge in [-0.2, -0.15) is 0 Å². The predicted octanol–water partition coefficient (Wildman–Crippen LogP) is 2.16. The molecule has 0 atom stereocenters. The van der Waals surface area contributed by atoms with Gasteiger partial charge in [-0.05, 0) is 44.6 Å². The Morgan fingerprint density at radius 2 is 2.22 bits per heavy atom. The van der Waals surface area contributed by atoms with E-state index in [0.717, 1.165) is 24.2 Å². The summed E-state index contributed by atoms with van der Waals surface area (Å²) in [6.45, 7) is 4.10. The van der Waals surface area contributed by atoms with Crippen molar-refractivity contribution in [2.45, 2.75) is 26.4 Å². The number of carbonyl (C=O) groups is 1. The van der Waals surface area contributed by atoms with E-state index in [4.69, 9.17) is 4.74 Å². The van der Waals surface area contributed by atoms with Crippen LogP contribution in [0, 0.1) is 0 Å². The van der Waals surface area contributed by atoms with E-state index in [1.165, 1.54) is 0 Å². The summed E-state index contributed by atoms with van der Waals surface area (Å²) < 4.78 is 5.34. The maximum atomic E-state index is 11.6. The summed E-state index contributed by atoms with van der Waals surface area (Å²) in [6, 6.07) is 7.76. The lowest BCUT2D eigenvalue weighted by atomic mass is 10.2. The van der Waals surface area contributed by atoms with Gasteiger partial charge in [-0.25, -0.2) is 0 Å². The predicted molar refractivity (Wildman–Crippen MR) is 73.6 cm³/mol. The third-order valence-corrected chi connectivity index (χ3v) is 2.51. The highest BCUT2D eigenvalue weighted by molar-refractivity contribution is 5.90. The van der Waals surface area contributed by atoms with Gasteiger partial charge in [-0.3, -0.25) is 4.79 Å². The van der Waals surface area contributed by atoms with Gasteiger partial charge < -0.3 is 15.4 Å². The van der Waals surface area contributed by atoms with Gasteiger partial charge in [0.15, 0.2) is 0 Å². The van der Waals surface area contributed by atoms with Crippen LogP contribution in [0.4, 0.5) is 5.69 Å². The number of ether oxygens (including phenoxy) is 1. The normalized spacial score (nSPS) is 10.3. The quantitative estimate of drug-likeness (QED) is 0.695. The fraction of sp³-hybridized carbons (Fsp3) is 0.500.